The number of hydrogen-bond donors (Lipinski definition) is 0. The van der Waals surface area contributed by atoms with Gasteiger partial charge in [-0.2, -0.15) is 0 Å². The molecule has 0 aliphatic rings. The molecule has 0 aliphatic heterocycles. The first kappa shape index (κ1) is 13.8. The Morgan fingerprint density at radius 2 is 2.06 bits per heavy atom. The zero-order valence-corrected chi connectivity index (χ0v) is 11.0. The van der Waals surface area contributed by atoms with Crippen molar-refractivity contribution in [3.05, 3.63) is 34.6 Å². The molecule has 90 valence electrons. The standard InChI is InChI=1S/C12H16Cl2FN/c1-9(2)16(7-6-13)8-10-11(14)4-3-5-12(10)15/h3-5,9H,6-8H2,1-2H3. The van der Waals surface area contributed by atoms with E-state index in [0.717, 1.165) is 6.54 Å². The maximum absolute atomic E-state index is 13.6. The lowest BCUT2D eigenvalue weighted by Gasteiger charge is -2.26. The lowest BCUT2D eigenvalue weighted by atomic mass is 10.1. The van der Waals surface area contributed by atoms with E-state index in [0.29, 0.717) is 29.1 Å². The first-order chi connectivity index (χ1) is 7.56. The topological polar surface area (TPSA) is 3.24 Å². The van der Waals surface area contributed by atoms with Gasteiger partial charge in [0, 0.05) is 35.6 Å². The molecule has 1 aromatic rings. The maximum Gasteiger partial charge on any atom is 0.129 e. The third kappa shape index (κ3) is 3.62. The normalized spacial score (nSPS) is 11.4. The lowest BCUT2D eigenvalue weighted by molar-refractivity contribution is 0.223. The van der Waals surface area contributed by atoms with Gasteiger partial charge in [0.15, 0.2) is 0 Å². The van der Waals surface area contributed by atoms with Crippen LogP contribution in [0.5, 0.6) is 0 Å². The molecule has 1 aromatic carbocycles. The summed E-state index contributed by atoms with van der Waals surface area (Å²) in [6, 6.07) is 5.07. The number of alkyl halides is 1. The second kappa shape index (κ2) is 6.43. The van der Waals surface area contributed by atoms with Gasteiger partial charge in [0.2, 0.25) is 0 Å². The second-order valence-corrected chi connectivity index (χ2v) is 4.74. The minimum absolute atomic E-state index is 0.257. The molecule has 0 amide bonds. The van der Waals surface area contributed by atoms with E-state index in [9.17, 15) is 4.39 Å². The van der Waals surface area contributed by atoms with Crippen molar-refractivity contribution in [1.29, 1.82) is 0 Å². The Bertz CT molecular complexity index is 322. The minimum Gasteiger partial charge on any atom is -0.295 e. The van der Waals surface area contributed by atoms with Crippen LogP contribution in [0.4, 0.5) is 4.39 Å². The zero-order chi connectivity index (χ0) is 12.1. The van der Waals surface area contributed by atoms with Crippen LogP contribution in [0.15, 0.2) is 18.2 Å². The van der Waals surface area contributed by atoms with Gasteiger partial charge in [-0.05, 0) is 26.0 Å². The summed E-state index contributed by atoms with van der Waals surface area (Å²) in [6.07, 6.45) is 0. The number of nitrogens with zero attached hydrogens (tertiary/aromatic N) is 1. The van der Waals surface area contributed by atoms with Crippen molar-refractivity contribution in [3.63, 3.8) is 0 Å². The molecule has 0 spiro atoms. The van der Waals surface area contributed by atoms with Gasteiger partial charge in [-0.25, -0.2) is 4.39 Å². The zero-order valence-electron chi connectivity index (χ0n) is 9.51. The van der Waals surface area contributed by atoms with Crippen molar-refractivity contribution < 1.29 is 4.39 Å². The Morgan fingerprint density at radius 3 is 2.56 bits per heavy atom. The Kier molecular flexibility index (Phi) is 5.53. The molecule has 0 saturated heterocycles. The lowest BCUT2D eigenvalue weighted by Crippen LogP contribution is -2.32. The molecule has 0 aliphatic carbocycles. The van der Waals surface area contributed by atoms with E-state index in [-0.39, 0.29) is 5.82 Å². The van der Waals surface area contributed by atoms with Crippen molar-refractivity contribution in [3.8, 4) is 0 Å². The summed E-state index contributed by atoms with van der Waals surface area (Å²) in [5, 5.41) is 0.472. The SMILES string of the molecule is CC(C)N(CCCl)Cc1c(F)cccc1Cl. The summed E-state index contributed by atoms with van der Waals surface area (Å²) in [7, 11) is 0. The summed E-state index contributed by atoms with van der Waals surface area (Å²) in [5.41, 5.74) is 0.544. The fourth-order valence-corrected chi connectivity index (χ4v) is 1.95. The van der Waals surface area contributed by atoms with Gasteiger partial charge in [0.1, 0.15) is 5.82 Å². The summed E-state index contributed by atoms with van der Waals surface area (Å²) in [4.78, 5) is 2.09. The highest BCUT2D eigenvalue weighted by Crippen LogP contribution is 2.21. The molecule has 0 atom stereocenters. The third-order valence-corrected chi connectivity index (χ3v) is 3.05. The molecule has 0 aromatic heterocycles. The fraction of sp³-hybridized carbons (Fsp3) is 0.500. The highest BCUT2D eigenvalue weighted by atomic mass is 35.5. The first-order valence-electron chi connectivity index (χ1n) is 5.29. The van der Waals surface area contributed by atoms with Gasteiger partial charge < -0.3 is 0 Å². The van der Waals surface area contributed by atoms with Gasteiger partial charge >= 0.3 is 0 Å². The molecule has 0 heterocycles. The van der Waals surface area contributed by atoms with Crippen molar-refractivity contribution in [1.82, 2.24) is 4.90 Å². The van der Waals surface area contributed by atoms with Crippen molar-refractivity contribution in [2.75, 3.05) is 12.4 Å². The molecule has 0 saturated carbocycles. The number of hydrogen-bond acceptors (Lipinski definition) is 1. The van der Waals surface area contributed by atoms with Crippen LogP contribution >= 0.6 is 23.2 Å². The van der Waals surface area contributed by atoms with Crippen molar-refractivity contribution >= 4 is 23.2 Å². The van der Waals surface area contributed by atoms with Gasteiger partial charge in [0.25, 0.3) is 0 Å². The fourth-order valence-electron chi connectivity index (χ4n) is 1.51. The second-order valence-electron chi connectivity index (χ2n) is 3.95. The van der Waals surface area contributed by atoms with Crippen LogP contribution in [0.2, 0.25) is 5.02 Å². The first-order valence-corrected chi connectivity index (χ1v) is 6.20. The molecule has 4 heteroatoms. The monoisotopic (exact) mass is 263 g/mol. The Labute approximate surface area is 106 Å². The number of rotatable bonds is 5. The smallest absolute Gasteiger partial charge is 0.129 e. The maximum atomic E-state index is 13.6. The average Bonchev–Trinajstić information content (AvgIpc) is 2.21. The van der Waals surface area contributed by atoms with Crippen LogP contribution in [0, 0.1) is 5.82 Å². The molecule has 0 N–H and O–H groups in total. The molecule has 0 bridgehead atoms. The Balaban J connectivity index is 2.84. The molecule has 1 nitrogen and oxygen atoms in total. The average molecular weight is 264 g/mol. The molecule has 0 radical (unpaired) electrons. The highest BCUT2D eigenvalue weighted by Gasteiger charge is 2.14. The van der Waals surface area contributed by atoms with E-state index in [2.05, 4.69) is 18.7 Å². The van der Waals surface area contributed by atoms with E-state index >= 15 is 0 Å². The van der Waals surface area contributed by atoms with Crippen LogP contribution in [0.1, 0.15) is 19.4 Å². The van der Waals surface area contributed by atoms with Crippen molar-refractivity contribution in [2.24, 2.45) is 0 Å². The third-order valence-electron chi connectivity index (χ3n) is 2.52. The van der Waals surface area contributed by atoms with Gasteiger partial charge in [0.05, 0.1) is 0 Å². The largest absolute Gasteiger partial charge is 0.295 e. The summed E-state index contributed by atoms with van der Waals surface area (Å²) >= 11 is 11.7. The summed E-state index contributed by atoms with van der Waals surface area (Å²) in [6.45, 7) is 5.34. The van der Waals surface area contributed by atoms with Crippen LogP contribution in [-0.4, -0.2) is 23.4 Å². The minimum atomic E-state index is -0.257. The van der Waals surface area contributed by atoms with E-state index in [1.54, 1.807) is 12.1 Å². The Morgan fingerprint density at radius 1 is 1.38 bits per heavy atom. The van der Waals surface area contributed by atoms with E-state index < -0.39 is 0 Å². The van der Waals surface area contributed by atoms with Crippen LogP contribution in [0.25, 0.3) is 0 Å². The summed E-state index contributed by atoms with van der Waals surface area (Å²) < 4.78 is 13.6. The van der Waals surface area contributed by atoms with E-state index in [4.69, 9.17) is 23.2 Å². The molecule has 0 fully saturated rings. The van der Waals surface area contributed by atoms with Crippen LogP contribution in [0.3, 0.4) is 0 Å². The molecular weight excluding hydrogens is 248 g/mol. The Hall–Kier alpha value is -0.310. The van der Waals surface area contributed by atoms with E-state index in [1.165, 1.54) is 6.07 Å². The number of halogens is 3. The highest BCUT2D eigenvalue weighted by molar-refractivity contribution is 6.31. The molecule has 16 heavy (non-hydrogen) atoms. The summed E-state index contributed by atoms with van der Waals surface area (Å²) in [5.74, 6) is 0.275. The van der Waals surface area contributed by atoms with Gasteiger partial charge in [-0.1, -0.05) is 17.7 Å². The van der Waals surface area contributed by atoms with Crippen LogP contribution < -0.4 is 0 Å². The van der Waals surface area contributed by atoms with E-state index in [1.807, 2.05) is 0 Å². The quantitative estimate of drug-likeness (QED) is 0.728. The molecule has 1 rings (SSSR count). The predicted molar refractivity (Wildman–Crippen MR) is 67.7 cm³/mol. The number of benzene rings is 1. The van der Waals surface area contributed by atoms with Gasteiger partial charge in [-0.15, -0.1) is 11.6 Å². The van der Waals surface area contributed by atoms with Crippen LogP contribution in [-0.2, 0) is 6.54 Å². The molecule has 0 unspecified atom stereocenters. The van der Waals surface area contributed by atoms with Crippen molar-refractivity contribution in [2.45, 2.75) is 26.4 Å². The van der Waals surface area contributed by atoms with Gasteiger partial charge in [-0.3, -0.25) is 4.90 Å². The molecular formula is C12H16Cl2FN. The predicted octanol–water partition coefficient (Wildman–Crippen LogP) is 3.93.